The lowest BCUT2D eigenvalue weighted by atomic mass is 9.98. The number of aliphatic carboxylic acids is 1. The molecule has 4 atom stereocenters. The molecule has 0 saturated carbocycles. The topological polar surface area (TPSA) is 215 Å². The molecule has 0 heterocycles. The van der Waals surface area contributed by atoms with Gasteiger partial charge < -0.3 is 38.3 Å². The van der Waals surface area contributed by atoms with E-state index in [1.54, 1.807) is 13.8 Å². The Hall–Kier alpha value is -2.89. The van der Waals surface area contributed by atoms with Crippen molar-refractivity contribution < 1.29 is 24.3 Å². The first-order valence-electron chi connectivity index (χ1n) is 12.1. The highest BCUT2D eigenvalue weighted by atomic mass is 16.4. The molecule has 202 valence electrons. The molecule has 12 heteroatoms. The fourth-order valence-corrected chi connectivity index (χ4v) is 3.28. The molecular weight excluding hydrogens is 454 g/mol. The van der Waals surface area contributed by atoms with Crippen LogP contribution in [0, 0.1) is 17.8 Å². The fourth-order valence-electron chi connectivity index (χ4n) is 3.28. The van der Waals surface area contributed by atoms with E-state index in [0.717, 1.165) is 0 Å². The third-order valence-electron chi connectivity index (χ3n) is 5.26. The Morgan fingerprint density at radius 3 is 1.57 bits per heavy atom. The summed E-state index contributed by atoms with van der Waals surface area (Å²) in [6.07, 6.45) is 1.08. The number of rotatable bonds is 16. The van der Waals surface area contributed by atoms with Crippen molar-refractivity contribution in [2.45, 2.75) is 91.4 Å². The average molecular weight is 500 g/mol. The molecule has 0 bridgehead atoms. The van der Waals surface area contributed by atoms with Crippen LogP contribution < -0.4 is 33.2 Å². The molecule has 3 amide bonds. The molecule has 0 radical (unpaired) electrons. The molecule has 0 aromatic rings. The van der Waals surface area contributed by atoms with Gasteiger partial charge in [-0.1, -0.05) is 41.5 Å². The van der Waals surface area contributed by atoms with Crippen LogP contribution in [0.15, 0.2) is 4.99 Å². The minimum absolute atomic E-state index is 0.0312. The number of hydrogen-bond donors (Lipinski definition) is 7. The van der Waals surface area contributed by atoms with Crippen molar-refractivity contribution >= 4 is 29.7 Å². The maximum absolute atomic E-state index is 13.1. The molecule has 0 unspecified atom stereocenters. The number of carboxylic acid groups (broad SMARTS) is 1. The minimum atomic E-state index is -1.20. The monoisotopic (exact) mass is 499 g/mol. The Balaban J connectivity index is 5.47. The quantitative estimate of drug-likeness (QED) is 0.0844. The van der Waals surface area contributed by atoms with E-state index < -0.39 is 47.9 Å². The van der Waals surface area contributed by atoms with Crippen LogP contribution >= 0.6 is 0 Å². The van der Waals surface area contributed by atoms with Crippen molar-refractivity contribution in [2.75, 3.05) is 6.54 Å². The first kappa shape index (κ1) is 32.1. The van der Waals surface area contributed by atoms with Gasteiger partial charge in [0.05, 0.1) is 6.04 Å². The summed E-state index contributed by atoms with van der Waals surface area (Å²) in [4.78, 5) is 54.0. The molecule has 0 aliphatic heterocycles. The lowest BCUT2D eigenvalue weighted by molar-refractivity contribution is -0.142. The number of aliphatic imine (C=N–C) groups is 1. The predicted octanol–water partition coefficient (Wildman–Crippen LogP) is -0.345. The van der Waals surface area contributed by atoms with Crippen molar-refractivity contribution in [3.63, 3.8) is 0 Å². The lowest BCUT2D eigenvalue weighted by Gasteiger charge is -2.27. The lowest BCUT2D eigenvalue weighted by Crippen LogP contribution is -2.58. The maximum atomic E-state index is 13.1. The summed E-state index contributed by atoms with van der Waals surface area (Å²) < 4.78 is 0. The predicted molar refractivity (Wildman–Crippen MR) is 135 cm³/mol. The van der Waals surface area contributed by atoms with Gasteiger partial charge in [-0.05, 0) is 43.4 Å². The molecule has 0 spiro atoms. The standard InChI is InChI=1S/C23H45N7O5/c1-12(2)10-16(19(31)28-15(22(34)35)8-7-9-27-23(25)26)29-20(32)17(11-13(3)4)30-21(33)18(24)14(5)6/h12-18H,7-11,24H2,1-6H3,(H,28,31)(H,29,32)(H,30,33)(H,34,35)(H4,25,26,27)/t15-,16-,17-,18-/m0/s1. The van der Waals surface area contributed by atoms with Crippen LogP contribution in [-0.2, 0) is 19.2 Å². The Labute approximate surface area is 208 Å². The number of carbonyl (C=O) groups excluding carboxylic acids is 3. The van der Waals surface area contributed by atoms with Crippen LogP contribution in [0.2, 0.25) is 0 Å². The van der Waals surface area contributed by atoms with Crippen molar-refractivity contribution in [3.05, 3.63) is 0 Å². The van der Waals surface area contributed by atoms with Gasteiger partial charge in [0.25, 0.3) is 0 Å². The van der Waals surface area contributed by atoms with Crippen LogP contribution in [0.5, 0.6) is 0 Å². The van der Waals surface area contributed by atoms with Crippen molar-refractivity contribution in [2.24, 2.45) is 39.9 Å². The van der Waals surface area contributed by atoms with E-state index in [1.165, 1.54) is 0 Å². The second-order valence-corrected chi connectivity index (χ2v) is 10.00. The number of amides is 3. The van der Waals surface area contributed by atoms with Gasteiger partial charge in [0.15, 0.2) is 5.96 Å². The van der Waals surface area contributed by atoms with Crippen LogP contribution in [0.3, 0.4) is 0 Å². The van der Waals surface area contributed by atoms with E-state index in [9.17, 15) is 24.3 Å². The Kier molecular flexibility index (Phi) is 14.6. The average Bonchev–Trinajstić information content (AvgIpc) is 2.72. The normalized spacial score (nSPS) is 14.7. The minimum Gasteiger partial charge on any atom is -0.480 e. The van der Waals surface area contributed by atoms with E-state index in [1.807, 2.05) is 27.7 Å². The fraction of sp³-hybridized carbons (Fsp3) is 0.783. The summed E-state index contributed by atoms with van der Waals surface area (Å²) in [6, 6.07) is -3.81. The molecule has 35 heavy (non-hydrogen) atoms. The van der Waals surface area contributed by atoms with Gasteiger partial charge in [0.2, 0.25) is 17.7 Å². The number of carbonyl (C=O) groups is 4. The van der Waals surface area contributed by atoms with Crippen LogP contribution in [0.4, 0.5) is 0 Å². The third-order valence-corrected chi connectivity index (χ3v) is 5.26. The van der Waals surface area contributed by atoms with Gasteiger partial charge in [0.1, 0.15) is 18.1 Å². The first-order chi connectivity index (χ1) is 16.1. The highest BCUT2D eigenvalue weighted by Crippen LogP contribution is 2.11. The maximum Gasteiger partial charge on any atom is 0.326 e. The van der Waals surface area contributed by atoms with Crippen LogP contribution in [-0.4, -0.2) is 65.5 Å². The summed E-state index contributed by atoms with van der Waals surface area (Å²) in [5.74, 6) is -2.89. The van der Waals surface area contributed by atoms with Gasteiger partial charge in [-0.15, -0.1) is 0 Å². The molecule has 0 aromatic heterocycles. The van der Waals surface area contributed by atoms with Gasteiger partial charge in [-0.3, -0.25) is 19.4 Å². The van der Waals surface area contributed by atoms with Crippen LogP contribution in [0.1, 0.15) is 67.2 Å². The molecule has 0 rings (SSSR count). The zero-order chi connectivity index (χ0) is 27.3. The van der Waals surface area contributed by atoms with Crippen molar-refractivity contribution in [1.82, 2.24) is 16.0 Å². The highest BCUT2D eigenvalue weighted by Gasteiger charge is 2.31. The number of nitrogens with one attached hydrogen (secondary N) is 3. The third kappa shape index (κ3) is 13.5. The number of hydrogen-bond acceptors (Lipinski definition) is 6. The summed E-state index contributed by atoms with van der Waals surface area (Å²) in [5.41, 5.74) is 16.5. The van der Waals surface area contributed by atoms with Crippen molar-refractivity contribution in [1.29, 1.82) is 0 Å². The van der Waals surface area contributed by atoms with Gasteiger partial charge in [-0.2, -0.15) is 0 Å². The molecule has 10 N–H and O–H groups in total. The highest BCUT2D eigenvalue weighted by molar-refractivity contribution is 5.94. The molecule has 0 saturated heterocycles. The molecule has 12 nitrogen and oxygen atoms in total. The molecular formula is C23H45N7O5. The summed E-state index contributed by atoms with van der Waals surface area (Å²) >= 11 is 0. The second kappa shape index (κ2) is 15.9. The SMILES string of the molecule is CC(C)C[C@H](NC(=O)[C@H](CC(C)C)NC(=O)[C@@H](N)C(C)C)C(=O)N[C@@H](CCCN=C(N)N)C(=O)O. The Morgan fingerprint density at radius 1 is 0.771 bits per heavy atom. The van der Waals surface area contributed by atoms with E-state index in [0.29, 0.717) is 12.8 Å². The summed E-state index contributed by atoms with van der Waals surface area (Å²) in [6.45, 7) is 11.4. The molecule has 0 aliphatic carbocycles. The van der Waals surface area contributed by atoms with Gasteiger partial charge in [-0.25, -0.2) is 4.79 Å². The van der Waals surface area contributed by atoms with E-state index in [2.05, 4.69) is 20.9 Å². The van der Waals surface area contributed by atoms with E-state index >= 15 is 0 Å². The smallest absolute Gasteiger partial charge is 0.326 e. The Morgan fingerprint density at radius 2 is 1.20 bits per heavy atom. The van der Waals surface area contributed by atoms with Gasteiger partial charge >= 0.3 is 5.97 Å². The largest absolute Gasteiger partial charge is 0.480 e. The molecule has 0 aromatic carbocycles. The second-order valence-electron chi connectivity index (χ2n) is 10.00. The molecule has 0 fully saturated rings. The number of carboxylic acids is 1. The van der Waals surface area contributed by atoms with E-state index in [-0.39, 0.29) is 43.1 Å². The van der Waals surface area contributed by atoms with E-state index in [4.69, 9.17) is 17.2 Å². The summed E-state index contributed by atoms with van der Waals surface area (Å²) in [5, 5.41) is 17.4. The number of guanidine groups is 1. The zero-order valence-corrected chi connectivity index (χ0v) is 21.8. The van der Waals surface area contributed by atoms with Crippen molar-refractivity contribution in [3.8, 4) is 0 Å². The number of nitrogens with two attached hydrogens (primary N) is 3. The Bertz CT molecular complexity index is 736. The van der Waals surface area contributed by atoms with Crippen LogP contribution in [0.25, 0.3) is 0 Å². The van der Waals surface area contributed by atoms with Gasteiger partial charge in [0, 0.05) is 6.54 Å². The number of nitrogens with zero attached hydrogens (tertiary/aromatic N) is 1. The molecule has 0 aliphatic rings. The first-order valence-corrected chi connectivity index (χ1v) is 12.1. The summed E-state index contributed by atoms with van der Waals surface area (Å²) in [7, 11) is 0. The zero-order valence-electron chi connectivity index (χ0n) is 21.8.